The third kappa shape index (κ3) is 3.32. The van der Waals surface area contributed by atoms with Gasteiger partial charge in [0.05, 0.1) is 17.6 Å². The molecular weight excluding hydrogens is 346 g/mol. The Morgan fingerprint density at radius 2 is 1.54 bits per heavy atom. The molecule has 0 aliphatic carbocycles. The number of fused-ring (bicyclic) bond motifs is 1. The standard InChI is InChI=1S/C21H17N3O.ClH/c22-17-10-6-9-16(13-17)20-18-11-4-5-12-19(18)21(25)24(23-20)14-15-7-2-1-3-8-15;/h1-13H,14,22H2;1H. The van der Waals surface area contributed by atoms with E-state index in [1.807, 2.05) is 78.9 Å². The lowest BCUT2D eigenvalue weighted by Crippen LogP contribution is -2.24. The van der Waals surface area contributed by atoms with E-state index in [1.54, 1.807) is 0 Å². The number of halogens is 1. The zero-order valence-electron chi connectivity index (χ0n) is 14.0. The van der Waals surface area contributed by atoms with Crippen LogP contribution in [0.5, 0.6) is 0 Å². The monoisotopic (exact) mass is 363 g/mol. The molecular formula is C21H18ClN3O. The van der Waals surface area contributed by atoms with Gasteiger partial charge in [-0.2, -0.15) is 5.10 Å². The van der Waals surface area contributed by atoms with Crippen LogP contribution in [-0.4, -0.2) is 9.78 Å². The SMILES string of the molecule is Cl.Nc1cccc(-c2nn(Cc3ccccc3)c(=O)c3ccccc23)c1. The van der Waals surface area contributed by atoms with Crippen LogP contribution < -0.4 is 11.3 Å². The van der Waals surface area contributed by atoms with Gasteiger partial charge in [-0.3, -0.25) is 4.79 Å². The fourth-order valence-electron chi connectivity index (χ4n) is 3.00. The van der Waals surface area contributed by atoms with Crippen LogP contribution in [0.4, 0.5) is 5.69 Å². The molecule has 0 atom stereocenters. The highest BCUT2D eigenvalue weighted by Crippen LogP contribution is 2.26. The lowest BCUT2D eigenvalue weighted by molar-refractivity contribution is 0.651. The molecule has 26 heavy (non-hydrogen) atoms. The molecule has 0 bridgehead atoms. The van der Waals surface area contributed by atoms with Crippen molar-refractivity contribution >= 4 is 28.9 Å². The zero-order valence-corrected chi connectivity index (χ0v) is 14.8. The Morgan fingerprint density at radius 1 is 0.846 bits per heavy atom. The number of rotatable bonds is 3. The predicted octanol–water partition coefficient (Wildman–Crippen LogP) is 4.12. The van der Waals surface area contributed by atoms with E-state index < -0.39 is 0 Å². The van der Waals surface area contributed by atoms with E-state index in [0.717, 1.165) is 22.2 Å². The number of benzene rings is 3. The van der Waals surface area contributed by atoms with Gasteiger partial charge in [-0.15, -0.1) is 12.4 Å². The summed E-state index contributed by atoms with van der Waals surface area (Å²) in [5.41, 5.74) is 9.21. The molecule has 1 aromatic heterocycles. The fourth-order valence-corrected chi connectivity index (χ4v) is 3.00. The third-order valence-electron chi connectivity index (χ3n) is 4.20. The summed E-state index contributed by atoms with van der Waals surface area (Å²) in [5.74, 6) is 0. The number of anilines is 1. The maximum atomic E-state index is 12.9. The summed E-state index contributed by atoms with van der Waals surface area (Å²) >= 11 is 0. The summed E-state index contributed by atoms with van der Waals surface area (Å²) in [4.78, 5) is 12.9. The van der Waals surface area contributed by atoms with Gasteiger partial charge >= 0.3 is 0 Å². The first-order valence-electron chi connectivity index (χ1n) is 8.12. The van der Waals surface area contributed by atoms with Gasteiger partial charge in [-0.1, -0.05) is 60.7 Å². The van der Waals surface area contributed by atoms with Crippen LogP contribution >= 0.6 is 12.4 Å². The highest BCUT2D eigenvalue weighted by molar-refractivity contribution is 5.94. The van der Waals surface area contributed by atoms with Crippen molar-refractivity contribution in [3.8, 4) is 11.3 Å². The minimum atomic E-state index is -0.0906. The average molecular weight is 364 g/mol. The number of nitrogens with zero attached hydrogens (tertiary/aromatic N) is 2. The summed E-state index contributed by atoms with van der Waals surface area (Å²) in [6.07, 6.45) is 0. The van der Waals surface area contributed by atoms with Gasteiger partial charge in [-0.25, -0.2) is 4.68 Å². The van der Waals surface area contributed by atoms with Crippen molar-refractivity contribution in [2.75, 3.05) is 5.73 Å². The van der Waals surface area contributed by atoms with Crippen LogP contribution in [0.1, 0.15) is 5.56 Å². The van der Waals surface area contributed by atoms with Gasteiger partial charge in [-0.05, 0) is 23.8 Å². The molecule has 3 aromatic carbocycles. The molecule has 4 aromatic rings. The van der Waals surface area contributed by atoms with Crippen molar-refractivity contribution in [1.82, 2.24) is 9.78 Å². The van der Waals surface area contributed by atoms with Gasteiger partial charge in [0.1, 0.15) is 0 Å². The predicted molar refractivity (Wildman–Crippen MR) is 109 cm³/mol. The second-order valence-corrected chi connectivity index (χ2v) is 5.97. The first kappa shape index (κ1) is 17.7. The first-order chi connectivity index (χ1) is 12.2. The number of aromatic nitrogens is 2. The molecule has 0 saturated heterocycles. The highest BCUT2D eigenvalue weighted by Gasteiger charge is 2.12. The molecule has 4 nitrogen and oxygen atoms in total. The summed E-state index contributed by atoms with van der Waals surface area (Å²) in [5, 5.41) is 6.15. The van der Waals surface area contributed by atoms with Crippen LogP contribution in [0, 0.1) is 0 Å². The molecule has 0 fully saturated rings. The summed E-state index contributed by atoms with van der Waals surface area (Å²) in [6, 6.07) is 25.0. The van der Waals surface area contributed by atoms with Crippen LogP contribution in [0.25, 0.3) is 22.0 Å². The highest BCUT2D eigenvalue weighted by atomic mass is 35.5. The zero-order chi connectivity index (χ0) is 17.2. The number of nitrogen functional groups attached to an aromatic ring is 1. The molecule has 5 heteroatoms. The lowest BCUT2D eigenvalue weighted by atomic mass is 10.0. The van der Waals surface area contributed by atoms with Gasteiger partial charge in [0.25, 0.3) is 5.56 Å². The number of hydrogen-bond donors (Lipinski definition) is 1. The fraction of sp³-hybridized carbons (Fsp3) is 0.0476. The van der Waals surface area contributed by atoms with E-state index in [4.69, 9.17) is 5.73 Å². The van der Waals surface area contributed by atoms with E-state index >= 15 is 0 Å². The molecule has 0 aliphatic rings. The van der Waals surface area contributed by atoms with Crippen molar-refractivity contribution in [2.24, 2.45) is 0 Å². The van der Waals surface area contributed by atoms with Crippen LogP contribution in [0.2, 0.25) is 0 Å². The van der Waals surface area contributed by atoms with Gasteiger partial charge < -0.3 is 5.73 Å². The van der Waals surface area contributed by atoms with Gasteiger partial charge in [0.15, 0.2) is 0 Å². The second-order valence-electron chi connectivity index (χ2n) is 5.97. The van der Waals surface area contributed by atoms with Gasteiger partial charge in [0.2, 0.25) is 0 Å². The maximum Gasteiger partial charge on any atom is 0.274 e. The van der Waals surface area contributed by atoms with Crippen molar-refractivity contribution in [2.45, 2.75) is 6.54 Å². The largest absolute Gasteiger partial charge is 0.399 e. The molecule has 0 saturated carbocycles. The molecule has 1 heterocycles. The summed E-state index contributed by atoms with van der Waals surface area (Å²) in [6.45, 7) is 0.430. The van der Waals surface area contributed by atoms with E-state index in [-0.39, 0.29) is 18.0 Å². The minimum absolute atomic E-state index is 0. The topological polar surface area (TPSA) is 60.9 Å². The lowest BCUT2D eigenvalue weighted by Gasteiger charge is -2.12. The normalized spacial score (nSPS) is 10.5. The smallest absolute Gasteiger partial charge is 0.274 e. The van der Waals surface area contributed by atoms with Crippen LogP contribution in [0.3, 0.4) is 0 Å². The van der Waals surface area contributed by atoms with E-state index in [0.29, 0.717) is 17.6 Å². The Morgan fingerprint density at radius 3 is 2.27 bits per heavy atom. The Bertz CT molecular complexity index is 1110. The first-order valence-corrected chi connectivity index (χ1v) is 8.12. The molecule has 130 valence electrons. The molecule has 0 aliphatic heterocycles. The Hall–Kier alpha value is -3.11. The van der Waals surface area contributed by atoms with Crippen molar-refractivity contribution in [3.05, 3.63) is 94.8 Å². The Balaban J connectivity index is 0.00000196. The Kier molecular flexibility index (Phi) is 5.05. The quantitative estimate of drug-likeness (QED) is 0.557. The summed E-state index contributed by atoms with van der Waals surface area (Å²) in [7, 11) is 0. The van der Waals surface area contributed by atoms with Crippen molar-refractivity contribution in [3.63, 3.8) is 0 Å². The Labute approximate surface area is 157 Å². The number of nitrogens with two attached hydrogens (primary N) is 1. The second kappa shape index (κ2) is 7.42. The van der Waals surface area contributed by atoms with Gasteiger partial charge in [0, 0.05) is 16.6 Å². The van der Waals surface area contributed by atoms with Crippen molar-refractivity contribution in [1.29, 1.82) is 0 Å². The molecule has 0 amide bonds. The number of hydrogen-bond acceptors (Lipinski definition) is 3. The molecule has 0 spiro atoms. The molecule has 0 radical (unpaired) electrons. The minimum Gasteiger partial charge on any atom is -0.399 e. The van der Waals surface area contributed by atoms with Crippen LogP contribution in [-0.2, 0) is 6.54 Å². The average Bonchev–Trinajstić information content (AvgIpc) is 2.65. The van der Waals surface area contributed by atoms with Crippen molar-refractivity contribution < 1.29 is 0 Å². The maximum absolute atomic E-state index is 12.9. The van der Waals surface area contributed by atoms with E-state index in [1.165, 1.54) is 4.68 Å². The van der Waals surface area contributed by atoms with Crippen LogP contribution in [0.15, 0.2) is 83.7 Å². The summed E-state index contributed by atoms with van der Waals surface area (Å²) < 4.78 is 1.52. The molecule has 2 N–H and O–H groups in total. The molecule has 0 unspecified atom stereocenters. The third-order valence-corrected chi connectivity index (χ3v) is 4.20. The molecule has 4 rings (SSSR count). The van der Waals surface area contributed by atoms with E-state index in [9.17, 15) is 4.79 Å². The van der Waals surface area contributed by atoms with E-state index in [2.05, 4.69) is 5.10 Å².